The summed E-state index contributed by atoms with van der Waals surface area (Å²) in [6.07, 6.45) is 1.81. The maximum atomic E-state index is 12.6. The number of thiocarbonyl (C=S) groups is 2. The van der Waals surface area contributed by atoms with E-state index in [1.807, 2.05) is 26.0 Å². The Morgan fingerprint density at radius 1 is 0.756 bits per heavy atom. The van der Waals surface area contributed by atoms with E-state index >= 15 is 0 Å². The molecule has 4 N–H and O–H groups in total. The van der Waals surface area contributed by atoms with Crippen molar-refractivity contribution in [1.29, 1.82) is 0 Å². The summed E-state index contributed by atoms with van der Waals surface area (Å²) in [6.45, 7) is 5.30. The Morgan fingerprint density at radius 2 is 1.27 bits per heavy atom. The number of carbonyl (C=O) groups is 2. The molecule has 1 aromatic heterocycles. The number of ether oxygens (including phenoxy) is 2. The summed E-state index contributed by atoms with van der Waals surface area (Å²) in [7, 11) is 0. The molecule has 3 aromatic carbocycles. The van der Waals surface area contributed by atoms with Crippen LogP contribution < -0.4 is 30.7 Å². The molecule has 0 radical (unpaired) electrons. The summed E-state index contributed by atoms with van der Waals surface area (Å²) in [5.41, 5.74) is 2.34. The van der Waals surface area contributed by atoms with Gasteiger partial charge in [-0.3, -0.25) is 20.2 Å². The number of amides is 2. The second-order valence-corrected chi connectivity index (χ2v) is 10.6. The molecule has 0 saturated carbocycles. The molecule has 4 aromatic rings. The second-order valence-electron chi connectivity index (χ2n) is 8.76. The molecule has 0 spiro atoms. The van der Waals surface area contributed by atoms with Gasteiger partial charge in [0.1, 0.15) is 11.5 Å². The Kier molecular flexibility index (Phi) is 10.5. The van der Waals surface area contributed by atoms with E-state index in [4.69, 9.17) is 33.9 Å². The number of aromatic nitrogens is 1. The SMILES string of the molecule is CCCOc1ccc(C(=O)NC(=S)Nc2ccc3nc(NC(=S)NC(=O)c4ccc(OCCC)cc4)sc3c2)cc1. The van der Waals surface area contributed by atoms with Gasteiger partial charge < -0.3 is 20.1 Å². The van der Waals surface area contributed by atoms with Crippen LogP contribution in [0.2, 0.25) is 0 Å². The zero-order valence-corrected chi connectivity index (χ0v) is 24.9. The molecule has 0 atom stereocenters. The third-order valence-electron chi connectivity index (χ3n) is 5.50. The second kappa shape index (κ2) is 14.5. The average molecular weight is 608 g/mol. The normalized spacial score (nSPS) is 10.5. The van der Waals surface area contributed by atoms with Crippen LogP contribution in [0.25, 0.3) is 10.2 Å². The van der Waals surface area contributed by atoms with Crippen LogP contribution in [0, 0.1) is 0 Å². The molecule has 0 aliphatic carbocycles. The number of benzene rings is 3. The molecular formula is C29H29N5O4S3. The first-order valence-electron chi connectivity index (χ1n) is 13.0. The Morgan fingerprint density at radius 3 is 1.78 bits per heavy atom. The van der Waals surface area contributed by atoms with Gasteiger partial charge in [-0.2, -0.15) is 0 Å². The molecule has 4 rings (SSSR count). The Bertz CT molecular complexity index is 1460. The quantitative estimate of drug-likeness (QED) is 0.158. The number of rotatable bonds is 10. The van der Waals surface area contributed by atoms with E-state index in [1.54, 1.807) is 54.6 Å². The number of hydrogen-bond acceptors (Lipinski definition) is 8. The van der Waals surface area contributed by atoms with E-state index in [2.05, 4.69) is 26.3 Å². The van der Waals surface area contributed by atoms with Gasteiger partial charge in [0.05, 0.1) is 23.4 Å². The van der Waals surface area contributed by atoms with Crippen molar-refractivity contribution >= 4 is 78.8 Å². The lowest BCUT2D eigenvalue weighted by Gasteiger charge is -2.10. The lowest BCUT2D eigenvalue weighted by atomic mass is 10.2. The predicted molar refractivity (Wildman–Crippen MR) is 171 cm³/mol. The Hall–Kier alpha value is -4.13. The van der Waals surface area contributed by atoms with E-state index in [1.165, 1.54) is 11.3 Å². The smallest absolute Gasteiger partial charge is 0.257 e. The maximum absolute atomic E-state index is 12.6. The van der Waals surface area contributed by atoms with Crippen molar-refractivity contribution in [2.75, 3.05) is 23.8 Å². The van der Waals surface area contributed by atoms with E-state index in [-0.39, 0.29) is 22.0 Å². The standard InChI is InChI=1S/C29H29N5O4S3/c1-3-15-37-21-10-5-18(6-11-21)25(35)32-27(39)30-20-9-14-23-24(17-20)41-29(31-23)34-28(40)33-26(36)19-7-12-22(13-8-19)38-16-4-2/h5-14,17H,3-4,15-16H2,1-2H3,(H2,30,32,35,39)(H2,31,33,34,36,40). The van der Waals surface area contributed by atoms with Gasteiger partial charge in [-0.25, -0.2) is 4.98 Å². The Balaban J connectivity index is 1.30. The first-order chi connectivity index (χ1) is 19.8. The molecule has 0 aliphatic heterocycles. The summed E-state index contributed by atoms with van der Waals surface area (Å²) in [5.74, 6) is 0.750. The molecule has 9 nitrogen and oxygen atoms in total. The maximum Gasteiger partial charge on any atom is 0.257 e. The van der Waals surface area contributed by atoms with Gasteiger partial charge in [0.15, 0.2) is 15.4 Å². The predicted octanol–water partition coefficient (Wildman–Crippen LogP) is 6.13. The van der Waals surface area contributed by atoms with Crippen LogP contribution in [-0.2, 0) is 0 Å². The topological polar surface area (TPSA) is 114 Å². The zero-order valence-electron chi connectivity index (χ0n) is 22.5. The van der Waals surface area contributed by atoms with Crippen molar-refractivity contribution in [3.05, 3.63) is 77.9 Å². The molecule has 212 valence electrons. The monoisotopic (exact) mass is 607 g/mol. The molecule has 0 unspecified atom stereocenters. The van der Waals surface area contributed by atoms with Crippen molar-refractivity contribution in [2.45, 2.75) is 26.7 Å². The van der Waals surface area contributed by atoms with Gasteiger partial charge in [0.25, 0.3) is 11.8 Å². The summed E-state index contributed by atoms with van der Waals surface area (Å²) < 4.78 is 11.9. The molecular weight excluding hydrogens is 579 g/mol. The summed E-state index contributed by atoms with van der Waals surface area (Å²) in [5, 5.41) is 12.1. The van der Waals surface area contributed by atoms with Gasteiger partial charge in [-0.1, -0.05) is 25.2 Å². The minimum absolute atomic E-state index is 0.132. The summed E-state index contributed by atoms with van der Waals surface area (Å²) >= 11 is 12.0. The third-order valence-corrected chi connectivity index (χ3v) is 6.84. The molecule has 0 aliphatic rings. The lowest BCUT2D eigenvalue weighted by molar-refractivity contribution is 0.0969. The highest BCUT2D eigenvalue weighted by Crippen LogP contribution is 2.28. The van der Waals surface area contributed by atoms with Crippen molar-refractivity contribution in [3.8, 4) is 11.5 Å². The number of carbonyl (C=O) groups excluding carboxylic acids is 2. The third kappa shape index (κ3) is 8.68. The first kappa shape index (κ1) is 29.8. The van der Waals surface area contributed by atoms with Crippen LogP contribution >= 0.6 is 35.8 Å². The number of hydrogen-bond donors (Lipinski definition) is 4. The Labute approximate surface area is 252 Å². The van der Waals surface area contributed by atoms with Crippen molar-refractivity contribution in [2.24, 2.45) is 0 Å². The summed E-state index contributed by atoms with van der Waals surface area (Å²) in [4.78, 5) is 29.6. The molecule has 0 fully saturated rings. The van der Waals surface area contributed by atoms with Crippen LogP contribution in [0.15, 0.2) is 66.7 Å². The van der Waals surface area contributed by atoms with E-state index < -0.39 is 0 Å². The van der Waals surface area contributed by atoms with Crippen LogP contribution in [0.3, 0.4) is 0 Å². The van der Waals surface area contributed by atoms with Crippen molar-refractivity contribution in [3.63, 3.8) is 0 Å². The molecule has 0 bridgehead atoms. The highest BCUT2D eigenvalue weighted by molar-refractivity contribution is 7.80. The van der Waals surface area contributed by atoms with Crippen LogP contribution in [0.4, 0.5) is 10.8 Å². The number of thiazole rings is 1. The van der Waals surface area contributed by atoms with Crippen molar-refractivity contribution < 1.29 is 19.1 Å². The van der Waals surface area contributed by atoms with Gasteiger partial charge in [0.2, 0.25) is 0 Å². The summed E-state index contributed by atoms with van der Waals surface area (Å²) in [6, 6.07) is 19.2. The van der Waals surface area contributed by atoms with E-state index in [0.29, 0.717) is 46.7 Å². The van der Waals surface area contributed by atoms with Gasteiger partial charge in [-0.05, 0) is 104 Å². The van der Waals surface area contributed by atoms with E-state index in [0.717, 1.165) is 23.1 Å². The van der Waals surface area contributed by atoms with Gasteiger partial charge >= 0.3 is 0 Å². The highest BCUT2D eigenvalue weighted by atomic mass is 32.1. The fourth-order valence-electron chi connectivity index (χ4n) is 3.54. The van der Waals surface area contributed by atoms with Crippen LogP contribution in [-0.4, -0.2) is 40.2 Å². The molecule has 12 heteroatoms. The zero-order chi connectivity index (χ0) is 29.2. The largest absolute Gasteiger partial charge is 0.494 e. The number of nitrogens with one attached hydrogen (secondary N) is 4. The van der Waals surface area contributed by atoms with Crippen LogP contribution in [0.1, 0.15) is 47.4 Å². The lowest BCUT2D eigenvalue weighted by Crippen LogP contribution is -2.34. The van der Waals surface area contributed by atoms with E-state index in [9.17, 15) is 9.59 Å². The molecule has 41 heavy (non-hydrogen) atoms. The number of nitrogens with zero attached hydrogens (tertiary/aromatic N) is 1. The molecule has 0 saturated heterocycles. The number of fused-ring (bicyclic) bond motifs is 1. The van der Waals surface area contributed by atoms with Crippen LogP contribution in [0.5, 0.6) is 11.5 Å². The average Bonchev–Trinajstić information content (AvgIpc) is 3.36. The van der Waals surface area contributed by atoms with Crippen molar-refractivity contribution in [1.82, 2.24) is 15.6 Å². The number of anilines is 2. The first-order valence-corrected chi connectivity index (χ1v) is 14.6. The minimum Gasteiger partial charge on any atom is -0.494 e. The molecule has 2 amide bonds. The highest BCUT2D eigenvalue weighted by Gasteiger charge is 2.12. The van der Waals surface area contributed by atoms with Gasteiger partial charge in [0, 0.05) is 16.8 Å². The minimum atomic E-state index is -0.339. The fourth-order valence-corrected chi connectivity index (χ4v) is 4.92. The fraction of sp³-hybridized carbons (Fsp3) is 0.207. The van der Waals surface area contributed by atoms with Gasteiger partial charge in [-0.15, -0.1) is 0 Å². The molecule has 1 heterocycles.